The topological polar surface area (TPSA) is 43.7 Å². The molecule has 0 bridgehead atoms. The van der Waals surface area contributed by atoms with Crippen LogP contribution in [0, 0.1) is 0 Å². The number of phenols is 2. The van der Waals surface area contributed by atoms with Crippen LogP contribution in [0.4, 0.5) is 0 Å². The van der Waals surface area contributed by atoms with Gasteiger partial charge in [0.1, 0.15) is 11.5 Å². The van der Waals surface area contributed by atoms with E-state index in [9.17, 15) is 10.2 Å². The lowest BCUT2D eigenvalue weighted by molar-refractivity contribution is 0.152. The first kappa shape index (κ1) is 12.8. The Kier molecular flexibility index (Phi) is 3.65. The summed E-state index contributed by atoms with van der Waals surface area (Å²) in [6.07, 6.45) is 7.52. The van der Waals surface area contributed by atoms with E-state index in [0.29, 0.717) is 17.7 Å². The van der Waals surface area contributed by atoms with E-state index in [2.05, 4.69) is 4.90 Å². The fourth-order valence-corrected chi connectivity index (χ4v) is 3.83. The molecule has 3 rings (SSSR count). The Hall–Kier alpha value is -1.22. The molecule has 2 atom stereocenters. The summed E-state index contributed by atoms with van der Waals surface area (Å²) in [5.41, 5.74) is 0.938. The molecule has 1 saturated carbocycles. The average molecular weight is 261 g/mol. The summed E-state index contributed by atoms with van der Waals surface area (Å²) in [7, 11) is 0. The molecule has 1 aromatic rings. The zero-order valence-corrected chi connectivity index (χ0v) is 11.4. The Morgan fingerprint density at radius 3 is 2.53 bits per heavy atom. The number of benzene rings is 1. The lowest BCUT2D eigenvalue weighted by Crippen LogP contribution is -2.40. The number of rotatable bonds is 2. The van der Waals surface area contributed by atoms with Gasteiger partial charge in [-0.05, 0) is 57.0 Å². The Morgan fingerprint density at radius 1 is 0.947 bits per heavy atom. The number of piperidine rings is 1. The summed E-state index contributed by atoms with van der Waals surface area (Å²) in [5, 5.41) is 19.8. The average Bonchev–Trinajstić information content (AvgIpc) is 2.91. The van der Waals surface area contributed by atoms with Crippen LogP contribution in [0.15, 0.2) is 18.2 Å². The Balaban J connectivity index is 1.83. The predicted octanol–water partition coefficient (Wildman–Crippen LogP) is 3.22. The van der Waals surface area contributed by atoms with Crippen molar-refractivity contribution < 1.29 is 10.2 Å². The molecule has 2 unspecified atom stereocenters. The minimum Gasteiger partial charge on any atom is -0.508 e. The van der Waals surface area contributed by atoms with Gasteiger partial charge < -0.3 is 10.2 Å². The smallest absolute Gasteiger partial charge is 0.119 e. The second kappa shape index (κ2) is 5.41. The second-order valence-electron chi connectivity index (χ2n) is 5.94. The monoisotopic (exact) mass is 261 g/mol. The van der Waals surface area contributed by atoms with Gasteiger partial charge >= 0.3 is 0 Å². The van der Waals surface area contributed by atoms with Crippen molar-refractivity contribution >= 4 is 0 Å². The highest BCUT2D eigenvalue weighted by molar-refractivity contribution is 5.42. The minimum absolute atomic E-state index is 0.261. The lowest BCUT2D eigenvalue weighted by Gasteiger charge is -2.36. The molecule has 1 saturated heterocycles. The van der Waals surface area contributed by atoms with Crippen molar-refractivity contribution in [1.82, 2.24) is 4.90 Å². The third-order valence-corrected chi connectivity index (χ3v) is 4.75. The highest BCUT2D eigenvalue weighted by atomic mass is 16.3. The van der Waals surface area contributed by atoms with Gasteiger partial charge in [-0.25, -0.2) is 0 Å². The van der Waals surface area contributed by atoms with Crippen molar-refractivity contribution in [3.8, 4) is 11.5 Å². The maximum atomic E-state index is 10.1. The molecule has 2 aliphatic rings. The second-order valence-corrected chi connectivity index (χ2v) is 5.94. The first-order valence-corrected chi connectivity index (χ1v) is 7.51. The zero-order chi connectivity index (χ0) is 13.2. The van der Waals surface area contributed by atoms with E-state index < -0.39 is 0 Å². The summed E-state index contributed by atoms with van der Waals surface area (Å²) < 4.78 is 0. The van der Waals surface area contributed by atoms with Crippen LogP contribution in [0.3, 0.4) is 0 Å². The first-order chi connectivity index (χ1) is 9.25. The summed E-state index contributed by atoms with van der Waals surface area (Å²) in [4.78, 5) is 2.60. The molecule has 0 amide bonds. The normalized spacial score (nSPS) is 28.6. The lowest BCUT2D eigenvalue weighted by atomic mass is 9.91. The number of hydrogen-bond donors (Lipinski definition) is 2. The molecule has 104 valence electrons. The molecule has 0 radical (unpaired) electrons. The highest BCUT2D eigenvalue weighted by Gasteiger charge is 2.34. The van der Waals surface area contributed by atoms with Crippen molar-refractivity contribution in [1.29, 1.82) is 0 Å². The van der Waals surface area contributed by atoms with Gasteiger partial charge in [0.25, 0.3) is 0 Å². The number of aromatic hydroxyl groups is 2. The minimum atomic E-state index is 0.261. The van der Waals surface area contributed by atoms with Crippen LogP contribution in [-0.4, -0.2) is 34.2 Å². The van der Waals surface area contributed by atoms with Crippen LogP contribution in [-0.2, 0) is 0 Å². The van der Waals surface area contributed by atoms with Crippen LogP contribution >= 0.6 is 0 Å². The Labute approximate surface area is 114 Å². The number of hydrogen-bond acceptors (Lipinski definition) is 3. The van der Waals surface area contributed by atoms with Crippen molar-refractivity contribution in [3.63, 3.8) is 0 Å². The number of likely N-dealkylation sites (tertiary alicyclic amines) is 1. The largest absolute Gasteiger partial charge is 0.508 e. The van der Waals surface area contributed by atoms with Gasteiger partial charge in [-0.1, -0.05) is 12.8 Å². The van der Waals surface area contributed by atoms with E-state index in [0.717, 1.165) is 12.0 Å². The van der Waals surface area contributed by atoms with Gasteiger partial charge in [-0.3, -0.25) is 4.90 Å². The molecule has 0 aromatic heterocycles. The Morgan fingerprint density at radius 2 is 1.74 bits per heavy atom. The summed E-state index contributed by atoms with van der Waals surface area (Å²) in [6.45, 7) is 2.39. The van der Waals surface area contributed by atoms with E-state index in [4.69, 9.17) is 0 Å². The zero-order valence-electron chi connectivity index (χ0n) is 11.4. The van der Waals surface area contributed by atoms with E-state index in [1.807, 2.05) is 0 Å². The predicted molar refractivity (Wildman–Crippen MR) is 75.6 cm³/mol. The molecule has 2 fully saturated rings. The SMILES string of the molecule is Oc1ccc(O)c(C2CCCC2N2CCCCC2)c1. The fourth-order valence-electron chi connectivity index (χ4n) is 3.83. The van der Waals surface area contributed by atoms with Crippen LogP contribution in [0.1, 0.15) is 50.0 Å². The fraction of sp³-hybridized carbons (Fsp3) is 0.625. The van der Waals surface area contributed by atoms with Crippen molar-refractivity contribution in [2.45, 2.75) is 50.5 Å². The summed E-state index contributed by atoms with van der Waals surface area (Å²) >= 11 is 0. The molecular weight excluding hydrogens is 238 g/mol. The third-order valence-electron chi connectivity index (χ3n) is 4.75. The summed E-state index contributed by atoms with van der Waals surface area (Å²) in [6, 6.07) is 5.48. The van der Waals surface area contributed by atoms with Crippen LogP contribution in [0.2, 0.25) is 0 Å². The molecule has 1 aliphatic heterocycles. The maximum Gasteiger partial charge on any atom is 0.119 e. The highest BCUT2D eigenvalue weighted by Crippen LogP contribution is 2.42. The molecule has 2 N–H and O–H groups in total. The number of nitrogens with zero attached hydrogens (tertiary/aromatic N) is 1. The summed E-state index contributed by atoms with van der Waals surface area (Å²) in [5.74, 6) is 0.981. The standard InChI is InChI=1S/C16H23NO2/c18-12-7-8-16(19)14(11-12)13-5-4-6-15(13)17-9-2-1-3-10-17/h7-8,11,13,15,18-19H,1-6,9-10H2. The van der Waals surface area contributed by atoms with Crippen LogP contribution < -0.4 is 0 Å². The van der Waals surface area contributed by atoms with Gasteiger partial charge in [-0.2, -0.15) is 0 Å². The van der Waals surface area contributed by atoms with Gasteiger partial charge in [-0.15, -0.1) is 0 Å². The number of phenolic OH excluding ortho intramolecular Hbond substituents is 2. The molecule has 3 heteroatoms. The van der Waals surface area contributed by atoms with Gasteiger partial charge in [0.15, 0.2) is 0 Å². The molecule has 1 heterocycles. The molecule has 3 nitrogen and oxygen atoms in total. The van der Waals surface area contributed by atoms with Crippen molar-refractivity contribution in [2.75, 3.05) is 13.1 Å². The van der Waals surface area contributed by atoms with E-state index in [1.54, 1.807) is 18.2 Å². The molecule has 1 aliphatic carbocycles. The van der Waals surface area contributed by atoms with E-state index >= 15 is 0 Å². The van der Waals surface area contributed by atoms with Crippen molar-refractivity contribution in [2.24, 2.45) is 0 Å². The van der Waals surface area contributed by atoms with Gasteiger partial charge in [0, 0.05) is 17.5 Å². The maximum absolute atomic E-state index is 10.1. The van der Waals surface area contributed by atoms with E-state index in [1.165, 1.54) is 45.2 Å². The van der Waals surface area contributed by atoms with Gasteiger partial charge in [0.2, 0.25) is 0 Å². The van der Waals surface area contributed by atoms with E-state index in [-0.39, 0.29) is 5.75 Å². The van der Waals surface area contributed by atoms with Crippen LogP contribution in [0.25, 0.3) is 0 Å². The molecular formula is C16H23NO2. The quantitative estimate of drug-likeness (QED) is 0.803. The van der Waals surface area contributed by atoms with Crippen molar-refractivity contribution in [3.05, 3.63) is 23.8 Å². The first-order valence-electron chi connectivity index (χ1n) is 7.51. The Bertz CT molecular complexity index is 440. The molecule has 19 heavy (non-hydrogen) atoms. The molecule has 1 aromatic carbocycles. The molecule has 0 spiro atoms. The third kappa shape index (κ3) is 2.57. The van der Waals surface area contributed by atoms with Crippen LogP contribution in [0.5, 0.6) is 11.5 Å². The van der Waals surface area contributed by atoms with Gasteiger partial charge in [0.05, 0.1) is 0 Å².